The van der Waals surface area contributed by atoms with Gasteiger partial charge in [0.15, 0.2) is 0 Å². The Balaban J connectivity index is 2.12. The van der Waals surface area contributed by atoms with Gasteiger partial charge in [0.25, 0.3) is 0 Å². The summed E-state index contributed by atoms with van der Waals surface area (Å²) in [6.07, 6.45) is 2.04. The van der Waals surface area contributed by atoms with Gasteiger partial charge in [0.2, 0.25) is 0 Å². The number of carboxylic acid groups (broad SMARTS) is 1. The molecule has 90 valence electrons. The Morgan fingerprint density at radius 3 is 2.59 bits per heavy atom. The van der Waals surface area contributed by atoms with E-state index in [1.54, 1.807) is 30.1 Å². The zero-order valence-corrected chi connectivity index (χ0v) is 9.51. The lowest BCUT2D eigenvalue weighted by Gasteiger charge is -2.17. The highest BCUT2D eigenvalue weighted by Crippen LogP contribution is 2.26. The van der Waals surface area contributed by atoms with Gasteiger partial charge in [-0.25, -0.2) is 9.59 Å². The average Bonchev–Trinajstić information content (AvgIpc) is 3.12. The molecule has 0 spiro atoms. The van der Waals surface area contributed by atoms with Gasteiger partial charge in [0, 0.05) is 13.1 Å². The second-order valence-electron chi connectivity index (χ2n) is 4.12. The van der Waals surface area contributed by atoms with Crippen LogP contribution in [0.25, 0.3) is 0 Å². The van der Waals surface area contributed by atoms with E-state index in [1.807, 2.05) is 0 Å². The molecule has 2 N–H and O–H groups in total. The molecule has 1 aliphatic carbocycles. The van der Waals surface area contributed by atoms with E-state index < -0.39 is 5.97 Å². The Hall–Kier alpha value is -2.04. The maximum Gasteiger partial charge on any atom is 0.337 e. The molecule has 0 bridgehead atoms. The highest BCUT2D eigenvalue weighted by Gasteiger charge is 2.29. The Labute approximate surface area is 99.0 Å². The average molecular weight is 234 g/mol. The number of carbonyl (C=O) groups is 2. The van der Waals surface area contributed by atoms with Gasteiger partial charge < -0.3 is 15.3 Å². The second-order valence-corrected chi connectivity index (χ2v) is 4.12. The van der Waals surface area contributed by atoms with Crippen molar-refractivity contribution in [2.24, 2.45) is 0 Å². The number of carbonyl (C=O) groups excluding carboxylic acids is 1. The molecule has 0 heterocycles. The Morgan fingerprint density at radius 2 is 2.00 bits per heavy atom. The predicted octanol–water partition coefficient (Wildman–Crippen LogP) is 2.01. The lowest BCUT2D eigenvalue weighted by molar-refractivity contribution is 0.0698. The maximum atomic E-state index is 11.8. The van der Waals surface area contributed by atoms with Crippen molar-refractivity contribution in [3.63, 3.8) is 0 Å². The number of nitrogens with zero attached hydrogens (tertiary/aromatic N) is 1. The van der Waals surface area contributed by atoms with E-state index in [1.165, 1.54) is 6.07 Å². The number of amides is 2. The molecule has 1 saturated carbocycles. The second kappa shape index (κ2) is 4.45. The third-order valence-electron chi connectivity index (χ3n) is 2.81. The zero-order chi connectivity index (χ0) is 12.4. The predicted molar refractivity (Wildman–Crippen MR) is 63.2 cm³/mol. The molecule has 1 aliphatic rings. The first kappa shape index (κ1) is 11.4. The molecule has 0 aromatic heterocycles. The molecule has 0 aliphatic heterocycles. The molecule has 5 nitrogen and oxygen atoms in total. The van der Waals surface area contributed by atoms with Gasteiger partial charge in [-0.05, 0) is 25.0 Å². The first-order valence-electron chi connectivity index (χ1n) is 5.45. The Bertz CT molecular complexity index is 455. The van der Waals surface area contributed by atoms with Crippen molar-refractivity contribution in [1.82, 2.24) is 4.90 Å². The number of benzene rings is 1. The van der Waals surface area contributed by atoms with Crippen LogP contribution in [0.4, 0.5) is 10.5 Å². The number of carboxylic acids is 1. The van der Waals surface area contributed by atoms with E-state index in [0.29, 0.717) is 11.7 Å². The van der Waals surface area contributed by atoms with Crippen molar-refractivity contribution in [2.75, 3.05) is 12.4 Å². The minimum Gasteiger partial charge on any atom is -0.478 e. The summed E-state index contributed by atoms with van der Waals surface area (Å²) in [5, 5.41) is 11.6. The molecule has 0 radical (unpaired) electrons. The number of hydrogen-bond acceptors (Lipinski definition) is 2. The summed E-state index contributed by atoms with van der Waals surface area (Å²) >= 11 is 0. The van der Waals surface area contributed by atoms with E-state index in [2.05, 4.69) is 5.32 Å². The SMILES string of the molecule is CN(C(=O)Nc1ccccc1C(=O)O)C1CC1. The van der Waals surface area contributed by atoms with Crippen molar-refractivity contribution in [2.45, 2.75) is 18.9 Å². The fourth-order valence-electron chi connectivity index (χ4n) is 1.61. The standard InChI is InChI=1S/C12H14N2O3/c1-14(8-6-7-8)12(17)13-10-5-3-2-4-9(10)11(15)16/h2-5,8H,6-7H2,1H3,(H,13,17)(H,15,16). The molecular formula is C12H14N2O3. The van der Waals surface area contributed by atoms with Crippen LogP contribution in [0.5, 0.6) is 0 Å². The summed E-state index contributed by atoms with van der Waals surface area (Å²) in [4.78, 5) is 24.4. The quantitative estimate of drug-likeness (QED) is 0.840. The van der Waals surface area contributed by atoms with Gasteiger partial charge in [-0.3, -0.25) is 0 Å². The van der Waals surface area contributed by atoms with Crippen molar-refractivity contribution in [1.29, 1.82) is 0 Å². The lowest BCUT2D eigenvalue weighted by Crippen LogP contribution is -2.33. The molecule has 0 unspecified atom stereocenters. The van der Waals surface area contributed by atoms with Crippen molar-refractivity contribution in [3.05, 3.63) is 29.8 Å². The van der Waals surface area contributed by atoms with E-state index in [0.717, 1.165) is 12.8 Å². The molecule has 0 atom stereocenters. The van der Waals surface area contributed by atoms with E-state index >= 15 is 0 Å². The fourth-order valence-corrected chi connectivity index (χ4v) is 1.61. The van der Waals surface area contributed by atoms with Gasteiger partial charge in [0.1, 0.15) is 0 Å². The lowest BCUT2D eigenvalue weighted by atomic mass is 10.2. The highest BCUT2D eigenvalue weighted by molar-refractivity contribution is 6.00. The number of anilines is 1. The van der Waals surface area contributed by atoms with E-state index in [-0.39, 0.29) is 11.6 Å². The van der Waals surface area contributed by atoms with Crippen LogP contribution in [-0.2, 0) is 0 Å². The summed E-state index contributed by atoms with van der Waals surface area (Å²) < 4.78 is 0. The summed E-state index contributed by atoms with van der Waals surface area (Å²) in [7, 11) is 1.72. The normalized spacial score (nSPS) is 14.2. The molecule has 1 aromatic carbocycles. The van der Waals surface area contributed by atoms with Crippen LogP contribution in [0, 0.1) is 0 Å². The molecular weight excluding hydrogens is 220 g/mol. The Morgan fingerprint density at radius 1 is 1.35 bits per heavy atom. The van der Waals surface area contributed by atoms with Crippen LogP contribution in [0.2, 0.25) is 0 Å². The number of hydrogen-bond donors (Lipinski definition) is 2. The molecule has 2 amide bonds. The summed E-state index contributed by atoms with van der Waals surface area (Å²) in [5.41, 5.74) is 0.433. The Kier molecular flexibility index (Phi) is 2.99. The first-order valence-corrected chi connectivity index (χ1v) is 5.45. The van der Waals surface area contributed by atoms with Crippen molar-refractivity contribution >= 4 is 17.7 Å². The summed E-state index contributed by atoms with van der Waals surface area (Å²) in [6, 6.07) is 6.41. The van der Waals surface area contributed by atoms with Gasteiger partial charge in [-0.15, -0.1) is 0 Å². The highest BCUT2D eigenvalue weighted by atomic mass is 16.4. The van der Waals surface area contributed by atoms with E-state index in [9.17, 15) is 9.59 Å². The number of aromatic carboxylic acids is 1. The molecule has 17 heavy (non-hydrogen) atoms. The number of urea groups is 1. The van der Waals surface area contributed by atoms with Crippen LogP contribution < -0.4 is 5.32 Å². The minimum absolute atomic E-state index is 0.102. The third kappa shape index (κ3) is 2.55. The van der Waals surface area contributed by atoms with Crippen LogP contribution >= 0.6 is 0 Å². The monoisotopic (exact) mass is 234 g/mol. The fraction of sp³-hybridized carbons (Fsp3) is 0.333. The molecule has 1 aromatic rings. The van der Waals surface area contributed by atoms with Gasteiger partial charge in [-0.1, -0.05) is 12.1 Å². The van der Waals surface area contributed by atoms with Crippen LogP contribution in [0.3, 0.4) is 0 Å². The minimum atomic E-state index is -1.05. The number of para-hydroxylation sites is 1. The molecule has 1 fully saturated rings. The van der Waals surface area contributed by atoms with Crippen LogP contribution in [-0.4, -0.2) is 35.1 Å². The van der Waals surface area contributed by atoms with Crippen LogP contribution in [0.15, 0.2) is 24.3 Å². The summed E-state index contributed by atoms with van der Waals surface area (Å²) in [6.45, 7) is 0. The van der Waals surface area contributed by atoms with Gasteiger partial charge in [-0.2, -0.15) is 0 Å². The van der Waals surface area contributed by atoms with Crippen molar-refractivity contribution in [3.8, 4) is 0 Å². The molecule has 5 heteroatoms. The smallest absolute Gasteiger partial charge is 0.337 e. The number of nitrogens with one attached hydrogen (secondary N) is 1. The molecule has 0 saturated heterocycles. The van der Waals surface area contributed by atoms with Crippen molar-refractivity contribution < 1.29 is 14.7 Å². The maximum absolute atomic E-state index is 11.8. The summed E-state index contributed by atoms with van der Waals surface area (Å²) in [5.74, 6) is -1.05. The van der Waals surface area contributed by atoms with Gasteiger partial charge >= 0.3 is 12.0 Å². The third-order valence-corrected chi connectivity index (χ3v) is 2.81. The van der Waals surface area contributed by atoms with Crippen LogP contribution in [0.1, 0.15) is 23.2 Å². The molecule has 2 rings (SSSR count). The van der Waals surface area contributed by atoms with E-state index in [4.69, 9.17) is 5.11 Å². The largest absolute Gasteiger partial charge is 0.478 e. The zero-order valence-electron chi connectivity index (χ0n) is 9.51. The first-order chi connectivity index (χ1) is 8.09. The van der Waals surface area contributed by atoms with Gasteiger partial charge in [0.05, 0.1) is 11.3 Å². The number of rotatable bonds is 3. The topological polar surface area (TPSA) is 69.6 Å².